The van der Waals surface area contributed by atoms with Gasteiger partial charge in [0.25, 0.3) is 0 Å². The second kappa shape index (κ2) is 4.46. The number of benzene rings is 1. The lowest BCUT2D eigenvalue weighted by Crippen LogP contribution is -3.00. The number of hydrogen-bond donors (Lipinski definition) is 1. The molecule has 0 unspecified atom stereocenters. The molecular weight excluding hydrogens is 224 g/mol. The minimum absolute atomic E-state index is 0. The maximum absolute atomic E-state index is 10.4. The van der Waals surface area contributed by atoms with E-state index in [9.17, 15) is 4.79 Å². The van der Waals surface area contributed by atoms with Gasteiger partial charge in [-0.05, 0) is 6.07 Å². The Morgan fingerprint density at radius 1 is 1.42 bits per heavy atom. The largest absolute Gasteiger partial charge is 1.00 e. The SMILES string of the molecule is N#[N+]c1ccccc1C(=O)O.[Br-]. The fourth-order valence-electron chi connectivity index (χ4n) is 0.742. The Balaban J connectivity index is 0.00000121. The molecule has 1 N–H and O–H groups in total. The first-order valence-electron chi connectivity index (χ1n) is 2.93. The maximum atomic E-state index is 10.4. The summed E-state index contributed by atoms with van der Waals surface area (Å²) >= 11 is 0. The van der Waals surface area contributed by atoms with Crippen LogP contribution in [0.15, 0.2) is 24.3 Å². The maximum Gasteiger partial charge on any atom is 0.399 e. The van der Waals surface area contributed by atoms with Gasteiger partial charge in [0.15, 0.2) is 10.5 Å². The molecule has 1 aromatic rings. The van der Waals surface area contributed by atoms with Gasteiger partial charge in [0.2, 0.25) is 5.39 Å². The molecule has 0 heterocycles. The molecule has 0 radical (unpaired) electrons. The molecule has 12 heavy (non-hydrogen) atoms. The van der Waals surface area contributed by atoms with Crippen LogP contribution in [0.25, 0.3) is 4.98 Å². The van der Waals surface area contributed by atoms with Crippen LogP contribution in [0.3, 0.4) is 0 Å². The van der Waals surface area contributed by atoms with Crippen LogP contribution in [0, 0.1) is 5.39 Å². The lowest BCUT2D eigenvalue weighted by atomic mass is 10.2. The van der Waals surface area contributed by atoms with Gasteiger partial charge in [-0.3, -0.25) is 0 Å². The second-order valence-electron chi connectivity index (χ2n) is 1.92. The molecule has 0 saturated heterocycles. The highest BCUT2D eigenvalue weighted by Gasteiger charge is 2.17. The molecule has 0 bridgehead atoms. The van der Waals surface area contributed by atoms with Crippen LogP contribution >= 0.6 is 0 Å². The van der Waals surface area contributed by atoms with E-state index >= 15 is 0 Å². The van der Waals surface area contributed by atoms with E-state index in [1.807, 2.05) is 0 Å². The van der Waals surface area contributed by atoms with Gasteiger partial charge >= 0.3 is 11.7 Å². The summed E-state index contributed by atoms with van der Waals surface area (Å²) in [7, 11) is 0. The highest BCUT2D eigenvalue weighted by molar-refractivity contribution is 5.94. The number of aromatic carboxylic acids is 1. The zero-order valence-corrected chi connectivity index (χ0v) is 7.52. The van der Waals surface area contributed by atoms with Crippen molar-refractivity contribution in [1.29, 1.82) is 5.39 Å². The zero-order valence-electron chi connectivity index (χ0n) is 5.94. The van der Waals surface area contributed by atoms with Gasteiger partial charge in [0.05, 0.1) is 0 Å². The second-order valence-corrected chi connectivity index (χ2v) is 1.92. The Morgan fingerprint density at radius 3 is 2.42 bits per heavy atom. The van der Waals surface area contributed by atoms with Crippen molar-refractivity contribution >= 4 is 11.7 Å². The molecule has 1 rings (SSSR count). The molecule has 0 saturated carbocycles. The highest BCUT2D eigenvalue weighted by atomic mass is 79.9. The average Bonchev–Trinajstić information content (AvgIpc) is 2.04. The van der Waals surface area contributed by atoms with Crippen LogP contribution in [0.1, 0.15) is 10.4 Å². The van der Waals surface area contributed by atoms with Gasteiger partial charge in [-0.1, -0.05) is 12.1 Å². The number of carbonyl (C=O) groups is 1. The summed E-state index contributed by atoms with van der Waals surface area (Å²) in [6, 6.07) is 5.96. The first kappa shape index (κ1) is 10.6. The standard InChI is InChI=1S/C7H4N2O2.BrH/c8-9-6-4-2-1-3-5(6)7(10)11;/h1-4H;1H. The molecule has 4 nitrogen and oxygen atoms in total. The van der Waals surface area contributed by atoms with Crippen molar-refractivity contribution < 1.29 is 26.9 Å². The smallest absolute Gasteiger partial charge is 0.399 e. The van der Waals surface area contributed by atoms with Crippen LogP contribution in [-0.4, -0.2) is 11.1 Å². The molecule has 62 valence electrons. The first-order chi connectivity index (χ1) is 5.25. The van der Waals surface area contributed by atoms with Crippen LogP contribution in [0.5, 0.6) is 0 Å². The number of rotatable bonds is 1. The summed E-state index contributed by atoms with van der Waals surface area (Å²) in [4.78, 5) is 13.2. The minimum atomic E-state index is -1.10. The van der Waals surface area contributed by atoms with E-state index < -0.39 is 5.97 Å². The molecule has 0 atom stereocenters. The molecule has 0 fully saturated rings. The summed E-state index contributed by atoms with van der Waals surface area (Å²) in [5.41, 5.74) is 0.0648. The molecule has 0 aliphatic heterocycles. The number of diazo groups is 1. The molecular formula is C7H5BrN2O2. The fourth-order valence-corrected chi connectivity index (χ4v) is 0.742. The molecule has 1 aromatic carbocycles. The first-order valence-corrected chi connectivity index (χ1v) is 2.93. The van der Waals surface area contributed by atoms with Crippen molar-refractivity contribution in [2.24, 2.45) is 0 Å². The molecule has 0 aliphatic carbocycles. The van der Waals surface area contributed by atoms with Crippen molar-refractivity contribution in [2.45, 2.75) is 0 Å². The van der Waals surface area contributed by atoms with Crippen LogP contribution in [0.4, 0.5) is 5.69 Å². The van der Waals surface area contributed by atoms with Gasteiger partial charge in [-0.25, -0.2) is 4.79 Å². The summed E-state index contributed by atoms with van der Waals surface area (Å²) in [6.45, 7) is 0. The summed E-state index contributed by atoms with van der Waals surface area (Å²) in [5.74, 6) is -1.10. The third-order valence-corrected chi connectivity index (χ3v) is 1.24. The van der Waals surface area contributed by atoms with E-state index in [0.717, 1.165) is 0 Å². The Hall–Kier alpha value is -1.41. The topological polar surface area (TPSA) is 65.5 Å². The van der Waals surface area contributed by atoms with Gasteiger partial charge in [-0.2, -0.15) is 0 Å². The third kappa shape index (κ3) is 2.04. The van der Waals surface area contributed by atoms with E-state index in [0.29, 0.717) is 0 Å². The quantitative estimate of drug-likeness (QED) is 0.620. The normalized spacial score (nSPS) is 7.92. The lowest BCUT2D eigenvalue weighted by molar-refractivity contribution is -0.0000181. The Kier molecular flexibility index (Phi) is 3.94. The predicted octanol–water partition coefficient (Wildman–Crippen LogP) is -1.13. The zero-order chi connectivity index (χ0) is 8.27. The van der Waals surface area contributed by atoms with Gasteiger partial charge in [0.1, 0.15) is 0 Å². The summed E-state index contributed by atoms with van der Waals surface area (Å²) in [5, 5.41) is 16.9. The van der Waals surface area contributed by atoms with E-state index in [1.165, 1.54) is 12.1 Å². The number of carboxylic acid groups (broad SMARTS) is 1. The summed E-state index contributed by atoms with van der Waals surface area (Å²) in [6.07, 6.45) is 0. The van der Waals surface area contributed by atoms with Crippen molar-refractivity contribution in [3.63, 3.8) is 0 Å². The van der Waals surface area contributed by atoms with Crippen molar-refractivity contribution in [3.05, 3.63) is 34.8 Å². The molecule has 0 aromatic heterocycles. The minimum Gasteiger partial charge on any atom is -1.00 e. The molecule has 0 spiro atoms. The summed E-state index contributed by atoms with van der Waals surface area (Å²) < 4.78 is 0. The fraction of sp³-hybridized carbons (Fsp3) is 0. The van der Waals surface area contributed by atoms with Crippen molar-refractivity contribution in [2.75, 3.05) is 0 Å². The molecule has 0 amide bonds. The number of carboxylic acids is 1. The van der Waals surface area contributed by atoms with Gasteiger partial charge in [0, 0.05) is 6.07 Å². The molecule has 0 aliphatic rings. The van der Waals surface area contributed by atoms with Crippen molar-refractivity contribution in [1.82, 2.24) is 0 Å². The Labute approximate surface area is 79.2 Å². The number of halogens is 1. The van der Waals surface area contributed by atoms with E-state index in [2.05, 4.69) is 4.98 Å². The molecule has 5 heteroatoms. The average molecular weight is 229 g/mol. The van der Waals surface area contributed by atoms with Crippen LogP contribution in [0.2, 0.25) is 0 Å². The number of nitrogens with zero attached hydrogens (tertiary/aromatic N) is 2. The predicted molar refractivity (Wildman–Crippen MR) is 38.1 cm³/mol. The van der Waals surface area contributed by atoms with Crippen molar-refractivity contribution in [3.8, 4) is 0 Å². The van der Waals surface area contributed by atoms with Crippen LogP contribution < -0.4 is 17.0 Å². The van der Waals surface area contributed by atoms with Gasteiger partial charge < -0.3 is 22.1 Å². The van der Waals surface area contributed by atoms with Gasteiger partial charge in [-0.15, -0.1) is 0 Å². The Morgan fingerprint density at radius 2 is 2.00 bits per heavy atom. The van der Waals surface area contributed by atoms with E-state index in [4.69, 9.17) is 10.5 Å². The third-order valence-electron chi connectivity index (χ3n) is 1.24. The van der Waals surface area contributed by atoms with E-state index in [1.54, 1.807) is 12.1 Å². The Bertz CT molecular complexity index is 332. The highest BCUT2D eigenvalue weighted by Crippen LogP contribution is 2.17. The lowest BCUT2D eigenvalue weighted by Gasteiger charge is -1.85. The number of hydrogen-bond acceptors (Lipinski definition) is 2. The van der Waals surface area contributed by atoms with Crippen LogP contribution in [-0.2, 0) is 0 Å². The van der Waals surface area contributed by atoms with E-state index in [-0.39, 0.29) is 28.2 Å². The monoisotopic (exact) mass is 228 g/mol.